The van der Waals surface area contributed by atoms with E-state index in [1.54, 1.807) is 0 Å². The van der Waals surface area contributed by atoms with E-state index in [1.165, 1.54) is 0 Å². The molecule has 0 fully saturated rings. The van der Waals surface area contributed by atoms with Gasteiger partial charge in [0.05, 0.1) is 0 Å². The van der Waals surface area contributed by atoms with Gasteiger partial charge in [0.25, 0.3) is 0 Å². The fourth-order valence-electron chi connectivity index (χ4n) is 1.68. The molecule has 0 radical (unpaired) electrons. The van der Waals surface area contributed by atoms with E-state index in [2.05, 4.69) is 13.8 Å². The Kier molecular flexibility index (Phi) is 5.13. The number of nitrogens with zero attached hydrogens (tertiary/aromatic N) is 1. The third kappa shape index (κ3) is 2.71. The lowest BCUT2D eigenvalue weighted by atomic mass is 9.92. The predicted octanol–water partition coefficient (Wildman–Crippen LogP) is 2.36. The van der Waals surface area contributed by atoms with Crippen LogP contribution in [0.4, 0.5) is 0 Å². The van der Waals surface area contributed by atoms with Crippen LogP contribution in [0.3, 0.4) is 0 Å². The molecule has 0 aromatic heterocycles. The normalized spacial score (nSPS) is 17.9. The minimum Gasteiger partial charge on any atom is -0.480 e. The van der Waals surface area contributed by atoms with Crippen molar-refractivity contribution in [3.05, 3.63) is 0 Å². The maximum absolute atomic E-state index is 11.2. The van der Waals surface area contributed by atoms with Crippen LogP contribution in [-0.4, -0.2) is 34.6 Å². The van der Waals surface area contributed by atoms with Gasteiger partial charge in [-0.1, -0.05) is 20.3 Å². The monoisotopic (exact) mass is 201 g/mol. The van der Waals surface area contributed by atoms with E-state index in [0.717, 1.165) is 12.8 Å². The predicted molar refractivity (Wildman–Crippen MR) is 58.5 cm³/mol. The van der Waals surface area contributed by atoms with Gasteiger partial charge < -0.3 is 5.11 Å². The molecule has 84 valence electrons. The minimum absolute atomic E-state index is 0.308. The smallest absolute Gasteiger partial charge is 0.323 e. The highest BCUT2D eigenvalue weighted by Crippen LogP contribution is 2.23. The SMILES string of the molecule is CCCC(C)(C(=O)O)N(C)C(C)CC. The van der Waals surface area contributed by atoms with Crippen molar-refractivity contribution in [1.29, 1.82) is 0 Å². The number of rotatable bonds is 6. The molecule has 2 unspecified atom stereocenters. The van der Waals surface area contributed by atoms with Crippen molar-refractivity contribution in [3.63, 3.8) is 0 Å². The molecule has 0 aliphatic carbocycles. The molecule has 0 bridgehead atoms. The number of hydrogen-bond acceptors (Lipinski definition) is 2. The molecule has 0 amide bonds. The van der Waals surface area contributed by atoms with Crippen molar-refractivity contribution in [3.8, 4) is 0 Å². The van der Waals surface area contributed by atoms with E-state index in [4.69, 9.17) is 0 Å². The van der Waals surface area contributed by atoms with Gasteiger partial charge in [0.2, 0.25) is 0 Å². The Morgan fingerprint density at radius 2 is 2.00 bits per heavy atom. The fourth-order valence-corrected chi connectivity index (χ4v) is 1.68. The molecule has 0 aromatic carbocycles. The minimum atomic E-state index is -0.720. The zero-order valence-electron chi connectivity index (χ0n) is 10.0. The second kappa shape index (κ2) is 5.35. The van der Waals surface area contributed by atoms with E-state index in [1.807, 2.05) is 25.8 Å². The molecule has 1 N–H and O–H groups in total. The number of carboxylic acid groups (broad SMARTS) is 1. The van der Waals surface area contributed by atoms with E-state index in [0.29, 0.717) is 12.5 Å². The van der Waals surface area contributed by atoms with Crippen LogP contribution in [0.1, 0.15) is 47.0 Å². The standard InChI is InChI=1S/C11H23NO2/c1-6-8-11(4,10(13)14)12(5)9(3)7-2/h9H,6-8H2,1-5H3,(H,13,14). The average Bonchev–Trinajstić information content (AvgIpc) is 2.15. The molecule has 14 heavy (non-hydrogen) atoms. The van der Waals surface area contributed by atoms with E-state index < -0.39 is 11.5 Å². The highest BCUT2D eigenvalue weighted by Gasteiger charge is 2.38. The molecule has 0 saturated heterocycles. The third-order valence-electron chi connectivity index (χ3n) is 3.23. The highest BCUT2D eigenvalue weighted by molar-refractivity contribution is 5.78. The molecule has 0 heterocycles. The largest absolute Gasteiger partial charge is 0.480 e. The Hall–Kier alpha value is -0.570. The van der Waals surface area contributed by atoms with Crippen LogP contribution < -0.4 is 0 Å². The van der Waals surface area contributed by atoms with Gasteiger partial charge in [-0.3, -0.25) is 9.69 Å². The number of hydrogen-bond donors (Lipinski definition) is 1. The molecule has 0 rings (SSSR count). The van der Waals surface area contributed by atoms with Crippen LogP contribution in [0.25, 0.3) is 0 Å². The van der Waals surface area contributed by atoms with E-state index in [9.17, 15) is 9.90 Å². The molecule has 2 atom stereocenters. The van der Waals surface area contributed by atoms with Gasteiger partial charge in [-0.2, -0.15) is 0 Å². The average molecular weight is 201 g/mol. The molecular weight excluding hydrogens is 178 g/mol. The summed E-state index contributed by atoms with van der Waals surface area (Å²) in [6, 6.07) is 0.308. The van der Waals surface area contributed by atoms with Crippen molar-refractivity contribution >= 4 is 5.97 Å². The summed E-state index contributed by atoms with van der Waals surface area (Å²) in [4.78, 5) is 13.2. The first-order chi connectivity index (χ1) is 6.40. The summed E-state index contributed by atoms with van der Waals surface area (Å²) in [5.74, 6) is -0.720. The van der Waals surface area contributed by atoms with Crippen molar-refractivity contribution in [2.24, 2.45) is 0 Å². The zero-order valence-corrected chi connectivity index (χ0v) is 10.0. The molecular formula is C11H23NO2. The van der Waals surface area contributed by atoms with Crippen LogP contribution in [0.2, 0.25) is 0 Å². The summed E-state index contributed by atoms with van der Waals surface area (Å²) >= 11 is 0. The molecule has 0 spiro atoms. The van der Waals surface area contributed by atoms with Crippen LogP contribution in [0.5, 0.6) is 0 Å². The van der Waals surface area contributed by atoms with Crippen LogP contribution in [0.15, 0.2) is 0 Å². The lowest BCUT2D eigenvalue weighted by molar-refractivity contribution is -0.151. The summed E-state index contributed by atoms with van der Waals surface area (Å²) in [5.41, 5.74) is -0.718. The zero-order chi connectivity index (χ0) is 11.4. The maximum atomic E-state index is 11.2. The summed E-state index contributed by atoms with van der Waals surface area (Å²) < 4.78 is 0. The van der Waals surface area contributed by atoms with Gasteiger partial charge in [-0.15, -0.1) is 0 Å². The fraction of sp³-hybridized carbons (Fsp3) is 0.909. The second-order valence-corrected chi connectivity index (χ2v) is 4.20. The Morgan fingerprint density at radius 1 is 1.50 bits per heavy atom. The Labute approximate surface area is 87.1 Å². The van der Waals surface area contributed by atoms with Crippen molar-refractivity contribution in [1.82, 2.24) is 4.90 Å². The third-order valence-corrected chi connectivity index (χ3v) is 3.23. The van der Waals surface area contributed by atoms with Gasteiger partial charge in [-0.25, -0.2) is 0 Å². The molecule has 0 aromatic rings. The van der Waals surface area contributed by atoms with Gasteiger partial charge in [0.1, 0.15) is 5.54 Å². The number of aliphatic carboxylic acids is 1. The summed E-state index contributed by atoms with van der Waals surface area (Å²) in [6.07, 6.45) is 2.57. The lowest BCUT2D eigenvalue weighted by Gasteiger charge is -2.38. The second-order valence-electron chi connectivity index (χ2n) is 4.20. The van der Waals surface area contributed by atoms with Crippen LogP contribution in [0, 0.1) is 0 Å². The number of likely N-dealkylation sites (N-methyl/N-ethyl adjacent to an activating group) is 1. The number of carboxylic acids is 1. The maximum Gasteiger partial charge on any atom is 0.323 e. The molecule has 3 nitrogen and oxygen atoms in total. The molecule has 0 aliphatic rings. The van der Waals surface area contributed by atoms with Crippen molar-refractivity contribution in [2.45, 2.75) is 58.5 Å². The van der Waals surface area contributed by atoms with Gasteiger partial charge in [-0.05, 0) is 33.7 Å². The van der Waals surface area contributed by atoms with Crippen molar-refractivity contribution in [2.75, 3.05) is 7.05 Å². The van der Waals surface area contributed by atoms with E-state index >= 15 is 0 Å². The quantitative estimate of drug-likeness (QED) is 0.717. The molecule has 0 aliphatic heterocycles. The lowest BCUT2D eigenvalue weighted by Crippen LogP contribution is -2.53. The van der Waals surface area contributed by atoms with Gasteiger partial charge in [0, 0.05) is 6.04 Å². The summed E-state index contributed by atoms with van der Waals surface area (Å²) in [6.45, 7) is 7.98. The Balaban J connectivity index is 4.72. The first kappa shape index (κ1) is 13.4. The summed E-state index contributed by atoms with van der Waals surface area (Å²) in [5, 5.41) is 9.24. The Bertz CT molecular complexity index is 194. The van der Waals surface area contributed by atoms with Crippen LogP contribution in [-0.2, 0) is 4.79 Å². The molecule has 3 heteroatoms. The highest BCUT2D eigenvalue weighted by atomic mass is 16.4. The van der Waals surface area contributed by atoms with Crippen molar-refractivity contribution < 1.29 is 9.90 Å². The molecule has 0 saturated carbocycles. The van der Waals surface area contributed by atoms with Crippen LogP contribution >= 0.6 is 0 Å². The summed E-state index contributed by atoms with van der Waals surface area (Å²) in [7, 11) is 1.90. The van der Waals surface area contributed by atoms with Gasteiger partial charge >= 0.3 is 5.97 Å². The first-order valence-electron chi connectivity index (χ1n) is 5.36. The van der Waals surface area contributed by atoms with Gasteiger partial charge in [0.15, 0.2) is 0 Å². The Morgan fingerprint density at radius 3 is 2.29 bits per heavy atom. The topological polar surface area (TPSA) is 40.5 Å². The van der Waals surface area contributed by atoms with E-state index in [-0.39, 0.29) is 0 Å². The number of carbonyl (C=O) groups is 1. The first-order valence-corrected chi connectivity index (χ1v) is 5.36.